The van der Waals surface area contributed by atoms with Gasteiger partial charge in [0.05, 0.1) is 7.11 Å². The number of rotatable bonds is 5. The highest BCUT2D eigenvalue weighted by Crippen LogP contribution is 2.44. The third-order valence-corrected chi connectivity index (χ3v) is 4.84. The molecule has 0 N–H and O–H groups in total. The minimum Gasteiger partial charge on any atom is -0.493 e. The molecule has 0 saturated heterocycles. The summed E-state index contributed by atoms with van der Waals surface area (Å²) in [5.41, 5.74) is 2.14. The van der Waals surface area contributed by atoms with Crippen LogP contribution >= 0.6 is 11.6 Å². The number of benzene rings is 2. The van der Waals surface area contributed by atoms with Crippen LogP contribution in [0.4, 0.5) is 0 Å². The molecule has 0 radical (unpaired) electrons. The molecule has 4 rings (SSSR count). The minimum absolute atomic E-state index is 0.0268. The van der Waals surface area contributed by atoms with E-state index in [1.807, 2.05) is 30.3 Å². The van der Waals surface area contributed by atoms with Gasteiger partial charge in [0.25, 0.3) is 0 Å². The second-order valence-electron chi connectivity index (χ2n) is 6.17. The van der Waals surface area contributed by atoms with Gasteiger partial charge >= 0.3 is 0 Å². The van der Waals surface area contributed by atoms with E-state index in [-0.39, 0.29) is 12.2 Å². The third-order valence-electron chi connectivity index (χ3n) is 4.48. The smallest absolute Gasteiger partial charge is 0.176 e. The second kappa shape index (κ2) is 5.99. The number of fused-ring (bicyclic) bond motifs is 1. The summed E-state index contributed by atoms with van der Waals surface area (Å²) >= 11 is 6.18. The molecular weight excluding hydrogens is 324 g/mol. The molecule has 2 aromatic carbocycles. The van der Waals surface area contributed by atoms with Crippen LogP contribution in [0.1, 0.15) is 40.4 Å². The maximum absolute atomic E-state index is 12.8. The highest BCUT2D eigenvalue weighted by molar-refractivity contribution is 6.31. The quantitative estimate of drug-likeness (QED) is 0.584. The number of carbonyl (C=O) groups is 1. The Morgan fingerprint density at radius 3 is 2.75 bits per heavy atom. The van der Waals surface area contributed by atoms with Gasteiger partial charge in [-0.15, -0.1) is 0 Å². The molecular formula is C20H17ClO3. The van der Waals surface area contributed by atoms with Crippen LogP contribution in [0, 0.1) is 0 Å². The zero-order valence-electron chi connectivity index (χ0n) is 13.3. The van der Waals surface area contributed by atoms with Crippen molar-refractivity contribution in [3.05, 3.63) is 64.4 Å². The standard InChI is InChI=1S/C20H17ClO3/c1-23-18-9-8-14(15-11-19(12-6-7-12)24-20(15)18)17(22)10-13-4-2-3-5-16(13)21/h2-5,8-9,11-12H,6-7,10H2,1H3. The number of hydrogen-bond donors (Lipinski definition) is 0. The SMILES string of the molecule is COc1ccc(C(=O)Cc2ccccc2Cl)c2cc(C3CC3)oc12. The monoisotopic (exact) mass is 340 g/mol. The van der Waals surface area contributed by atoms with Gasteiger partial charge in [0.1, 0.15) is 5.76 Å². The van der Waals surface area contributed by atoms with Crippen molar-refractivity contribution >= 4 is 28.4 Å². The van der Waals surface area contributed by atoms with Gasteiger partial charge in [-0.25, -0.2) is 0 Å². The molecule has 122 valence electrons. The first-order valence-electron chi connectivity index (χ1n) is 8.04. The van der Waals surface area contributed by atoms with Crippen molar-refractivity contribution < 1.29 is 13.9 Å². The second-order valence-corrected chi connectivity index (χ2v) is 6.58. The summed E-state index contributed by atoms with van der Waals surface area (Å²) in [6.45, 7) is 0. The Bertz CT molecular complexity index is 922. The number of ketones is 1. The third kappa shape index (κ3) is 2.69. The van der Waals surface area contributed by atoms with Crippen LogP contribution in [-0.4, -0.2) is 12.9 Å². The predicted octanol–water partition coefficient (Wildman–Crippen LogP) is 5.40. The lowest BCUT2D eigenvalue weighted by Crippen LogP contribution is -2.04. The largest absolute Gasteiger partial charge is 0.493 e. The Morgan fingerprint density at radius 2 is 2.04 bits per heavy atom. The molecule has 1 aliphatic rings. The summed E-state index contributed by atoms with van der Waals surface area (Å²) in [6.07, 6.45) is 2.56. The summed E-state index contributed by atoms with van der Waals surface area (Å²) in [6, 6.07) is 13.0. The summed E-state index contributed by atoms with van der Waals surface area (Å²) < 4.78 is 11.4. The van der Waals surface area contributed by atoms with Crippen LogP contribution in [-0.2, 0) is 6.42 Å². The van der Waals surface area contributed by atoms with E-state index in [4.69, 9.17) is 20.8 Å². The first-order valence-corrected chi connectivity index (χ1v) is 8.42. The van der Waals surface area contributed by atoms with E-state index in [9.17, 15) is 4.79 Å². The van der Waals surface area contributed by atoms with E-state index in [0.717, 1.165) is 29.6 Å². The van der Waals surface area contributed by atoms with Gasteiger partial charge < -0.3 is 9.15 Å². The first-order chi connectivity index (χ1) is 11.7. The van der Waals surface area contributed by atoms with Crippen LogP contribution in [0.5, 0.6) is 5.75 Å². The predicted molar refractivity (Wildman–Crippen MR) is 94.2 cm³/mol. The number of hydrogen-bond acceptors (Lipinski definition) is 3. The number of ether oxygens (including phenoxy) is 1. The number of carbonyl (C=O) groups excluding carboxylic acids is 1. The molecule has 1 heterocycles. The van der Waals surface area contributed by atoms with Gasteiger partial charge in [-0.2, -0.15) is 0 Å². The van der Waals surface area contributed by atoms with Crippen molar-refractivity contribution in [3.63, 3.8) is 0 Å². The summed E-state index contributed by atoms with van der Waals surface area (Å²) in [4.78, 5) is 12.8. The Kier molecular flexibility index (Phi) is 3.81. The number of Topliss-reactive ketones (excluding diaryl/α,β-unsaturated/α-hetero) is 1. The highest BCUT2D eigenvalue weighted by Gasteiger charge is 2.29. The molecule has 0 unspecified atom stereocenters. The van der Waals surface area contributed by atoms with Gasteiger partial charge in [0, 0.05) is 28.3 Å². The fourth-order valence-corrected chi connectivity index (χ4v) is 3.20. The fraction of sp³-hybridized carbons (Fsp3) is 0.250. The van der Waals surface area contributed by atoms with Crippen LogP contribution < -0.4 is 4.74 Å². The molecule has 1 saturated carbocycles. The molecule has 0 spiro atoms. The van der Waals surface area contributed by atoms with Crippen LogP contribution in [0.15, 0.2) is 46.9 Å². The van der Waals surface area contributed by atoms with Gasteiger partial charge in [-0.05, 0) is 42.7 Å². The number of methoxy groups -OCH3 is 1. The normalized spacial score (nSPS) is 14.1. The molecule has 1 aliphatic carbocycles. The van der Waals surface area contributed by atoms with Gasteiger partial charge in [0.2, 0.25) is 0 Å². The molecule has 4 heteroatoms. The lowest BCUT2D eigenvalue weighted by Gasteiger charge is -2.07. The maximum atomic E-state index is 12.8. The van der Waals surface area contributed by atoms with Gasteiger partial charge in [0.15, 0.2) is 17.1 Å². The van der Waals surface area contributed by atoms with Crippen molar-refractivity contribution in [2.75, 3.05) is 7.11 Å². The zero-order valence-corrected chi connectivity index (χ0v) is 14.1. The Morgan fingerprint density at radius 1 is 1.25 bits per heavy atom. The molecule has 1 fully saturated rings. The van der Waals surface area contributed by atoms with E-state index in [2.05, 4.69) is 0 Å². The van der Waals surface area contributed by atoms with Crippen LogP contribution in [0.3, 0.4) is 0 Å². The van der Waals surface area contributed by atoms with Crippen molar-refractivity contribution in [2.24, 2.45) is 0 Å². The van der Waals surface area contributed by atoms with E-state index in [0.29, 0.717) is 27.8 Å². The molecule has 1 aromatic heterocycles. The zero-order chi connectivity index (χ0) is 16.7. The van der Waals surface area contributed by atoms with Crippen LogP contribution in [0.2, 0.25) is 5.02 Å². The molecule has 24 heavy (non-hydrogen) atoms. The van der Waals surface area contributed by atoms with Crippen LogP contribution in [0.25, 0.3) is 11.0 Å². The molecule has 0 atom stereocenters. The van der Waals surface area contributed by atoms with E-state index < -0.39 is 0 Å². The summed E-state index contributed by atoms with van der Waals surface area (Å²) in [5, 5.41) is 1.44. The molecule has 0 aliphatic heterocycles. The molecule has 3 nitrogen and oxygen atoms in total. The Balaban J connectivity index is 1.75. The van der Waals surface area contributed by atoms with Gasteiger partial charge in [-0.3, -0.25) is 4.79 Å². The average Bonchev–Trinajstić information content (AvgIpc) is 3.34. The fourth-order valence-electron chi connectivity index (χ4n) is 3.00. The highest BCUT2D eigenvalue weighted by atomic mass is 35.5. The molecule has 3 aromatic rings. The lowest BCUT2D eigenvalue weighted by molar-refractivity contribution is 0.0994. The lowest BCUT2D eigenvalue weighted by atomic mass is 9.99. The summed E-state index contributed by atoms with van der Waals surface area (Å²) in [7, 11) is 1.61. The van der Waals surface area contributed by atoms with Crippen molar-refractivity contribution in [1.82, 2.24) is 0 Å². The topological polar surface area (TPSA) is 39.4 Å². The van der Waals surface area contributed by atoms with Crippen molar-refractivity contribution in [1.29, 1.82) is 0 Å². The minimum atomic E-state index is 0.0268. The molecule has 0 amide bonds. The number of furan rings is 1. The van der Waals surface area contributed by atoms with Crippen molar-refractivity contribution in [3.8, 4) is 5.75 Å². The van der Waals surface area contributed by atoms with Crippen molar-refractivity contribution in [2.45, 2.75) is 25.2 Å². The number of halogens is 1. The van der Waals surface area contributed by atoms with E-state index in [1.54, 1.807) is 19.2 Å². The molecule has 0 bridgehead atoms. The van der Waals surface area contributed by atoms with Gasteiger partial charge in [-0.1, -0.05) is 29.8 Å². The Hall–Kier alpha value is -2.26. The average molecular weight is 341 g/mol. The Labute approximate surface area is 145 Å². The van der Waals surface area contributed by atoms with E-state index >= 15 is 0 Å². The maximum Gasteiger partial charge on any atom is 0.176 e. The first kappa shape index (κ1) is 15.3. The summed E-state index contributed by atoms with van der Waals surface area (Å²) in [5.74, 6) is 2.11. The van der Waals surface area contributed by atoms with E-state index in [1.165, 1.54) is 0 Å².